The van der Waals surface area contributed by atoms with Crippen molar-refractivity contribution in [3.05, 3.63) is 71.8 Å². The molecule has 0 saturated heterocycles. The summed E-state index contributed by atoms with van der Waals surface area (Å²) in [6.07, 6.45) is -10.3. The van der Waals surface area contributed by atoms with Crippen LogP contribution < -0.4 is 0 Å². The molecule has 0 amide bonds. The van der Waals surface area contributed by atoms with Gasteiger partial charge in [0, 0.05) is 0 Å². The maximum atomic E-state index is 12.4. The lowest BCUT2D eigenvalue weighted by molar-refractivity contribution is -0.223. The Balaban J connectivity index is 1.84. The van der Waals surface area contributed by atoms with Gasteiger partial charge < -0.3 is 29.9 Å². The molecule has 148 valence electrons. The molecule has 0 unspecified atom stereocenters. The molecule has 1 aliphatic rings. The quantitative estimate of drug-likeness (QED) is 0.534. The summed E-state index contributed by atoms with van der Waals surface area (Å²) in [5, 5.41) is 40.5. The normalized spacial score (nSPS) is 29.7. The lowest BCUT2D eigenvalue weighted by Gasteiger charge is -2.42. The molecule has 2 aromatic carbocycles. The molecule has 0 aromatic heterocycles. The first-order chi connectivity index (χ1) is 13.4. The lowest BCUT2D eigenvalue weighted by atomic mass is 9.84. The van der Waals surface area contributed by atoms with Gasteiger partial charge in [-0.15, -0.1) is 0 Å². The Morgan fingerprint density at radius 3 is 1.21 bits per heavy atom. The Kier molecular flexibility index (Phi) is 6.05. The van der Waals surface area contributed by atoms with Gasteiger partial charge in [-0.2, -0.15) is 0 Å². The number of aliphatic hydroxyl groups is 4. The molecule has 6 atom stereocenters. The first-order valence-electron chi connectivity index (χ1n) is 8.64. The topological polar surface area (TPSA) is 134 Å². The fourth-order valence-corrected chi connectivity index (χ4v) is 2.99. The number of carbonyl (C=O) groups is 2. The Morgan fingerprint density at radius 1 is 0.571 bits per heavy atom. The molecule has 28 heavy (non-hydrogen) atoms. The van der Waals surface area contributed by atoms with Crippen LogP contribution in [0.5, 0.6) is 0 Å². The third-order valence-corrected chi connectivity index (χ3v) is 4.55. The van der Waals surface area contributed by atoms with Gasteiger partial charge in [0.25, 0.3) is 0 Å². The molecule has 3 rings (SSSR count). The maximum absolute atomic E-state index is 12.4. The number of ether oxygens (including phenoxy) is 2. The largest absolute Gasteiger partial charge is 0.452 e. The zero-order valence-corrected chi connectivity index (χ0v) is 14.7. The average Bonchev–Trinajstić information content (AvgIpc) is 2.74. The van der Waals surface area contributed by atoms with Crippen molar-refractivity contribution in [3.8, 4) is 0 Å². The van der Waals surface area contributed by atoms with Crippen LogP contribution in [-0.4, -0.2) is 69.0 Å². The van der Waals surface area contributed by atoms with Gasteiger partial charge in [0.1, 0.15) is 24.4 Å². The molecule has 0 radical (unpaired) electrons. The van der Waals surface area contributed by atoms with Crippen LogP contribution in [0.3, 0.4) is 0 Å². The van der Waals surface area contributed by atoms with E-state index in [2.05, 4.69) is 0 Å². The second-order valence-electron chi connectivity index (χ2n) is 6.43. The molecule has 1 fully saturated rings. The molecule has 4 N–H and O–H groups in total. The number of rotatable bonds is 4. The van der Waals surface area contributed by atoms with Crippen LogP contribution in [0.1, 0.15) is 20.7 Å². The van der Waals surface area contributed by atoms with Crippen LogP contribution in [0.25, 0.3) is 0 Å². The fraction of sp³-hybridized carbons (Fsp3) is 0.300. The summed E-state index contributed by atoms with van der Waals surface area (Å²) in [6, 6.07) is 15.7. The molecule has 0 spiro atoms. The van der Waals surface area contributed by atoms with Gasteiger partial charge in [0.15, 0.2) is 12.2 Å². The number of carbonyl (C=O) groups excluding carboxylic acids is 2. The minimum absolute atomic E-state index is 0.165. The van der Waals surface area contributed by atoms with Crippen LogP contribution in [0.4, 0.5) is 0 Å². The van der Waals surface area contributed by atoms with Crippen molar-refractivity contribution in [2.24, 2.45) is 0 Å². The SMILES string of the molecule is O=C(O[C@@H]1[C@@H](O)[C@@H](O)[C@H](O)[C@H](O)[C@H]1OC(=O)c1ccccc1)c1ccccc1. The van der Waals surface area contributed by atoms with Gasteiger partial charge in [0.2, 0.25) is 0 Å². The van der Waals surface area contributed by atoms with E-state index in [9.17, 15) is 30.0 Å². The molecule has 0 bridgehead atoms. The second kappa shape index (κ2) is 8.49. The summed E-state index contributed by atoms with van der Waals surface area (Å²) >= 11 is 0. The van der Waals surface area contributed by atoms with E-state index in [-0.39, 0.29) is 11.1 Å². The van der Waals surface area contributed by atoms with Crippen molar-refractivity contribution in [1.82, 2.24) is 0 Å². The Hall–Kier alpha value is -2.78. The van der Waals surface area contributed by atoms with E-state index < -0.39 is 48.6 Å². The Morgan fingerprint density at radius 2 is 0.893 bits per heavy atom. The highest BCUT2D eigenvalue weighted by Gasteiger charge is 2.53. The van der Waals surface area contributed by atoms with E-state index in [1.807, 2.05) is 0 Å². The Bertz CT molecular complexity index is 740. The van der Waals surface area contributed by atoms with E-state index in [4.69, 9.17) is 9.47 Å². The number of hydrogen-bond donors (Lipinski definition) is 4. The summed E-state index contributed by atoms with van der Waals surface area (Å²) in [4.78, 5) is 24.7. The van der Waals surface area contributed by atoms with Crippen LogP contribution in [0.15, 0.2) is 60.7 Å². The molecular formula is C20H20O8. The van der Waals surface area contributed by atoms with Crippen molar-refractivity contribution < 1.29 is 39.5 Å². The number of aliphatic hydroxyl groups excluding tert-OH is 4. The van der Waals surface area contributed by atoms with Crippen LogP contribution in [0.2, 0.25) is 0 Å². The van der Waals surface area contributed by atoms with Crippen molar-refractivity contribution in [2.45, 2.75) is 36.6 Å². The minimum atomic E-state index is -1.80. The summed E-state index contributed by atoms with van der Waals surface area (Å²) in [7, 11) is 0. The maximum Gasteiger partial charge on any atom is 0.338 e. The van der Waals surface area contributed by atoms with E-state index in [1.54, 1.807) is 36.4 Å². The van der Waals surface area contributed by atoms with Crippen molar-refractivity contribution >= 4 is 11.9 Å². The summed E-state index contributed by atoms with van der Waals surface area (Å²) < 4.78 is 10.5. The van der Waals surface area contributed by atoms with Gasteiger partial charge in [-0.05, 0) is 24.3 Å². The average molecular weight is 388 g/mol. The van der Waals surface area contributed by atoms with Gasteiger partial charge in [-0.25, -0.2) is 9.59 Å². The molecule has 0 aliphatic heterocycles. The predicted octanol–water partition coefficient (Wildman–Crippen LogP) is -0.105. The highest BCUT2D eigenvalue weighted by atomic mass is 16.6. The highest BCUT2D eigenvalue weighted by molar-refractivity contribution is 5.90. The fourth-order valence-electron chi connectivity index (χ4n) is 2.99. The van der Waals surface area contributed by atoms with Gasteiger partial charge in [-0.1, -0.05) is 36.4 Å². The van der Waals surface area contributed by atoms with E-state index >= 15 is 0 Å². The van der Waals surface area contributed by atoms with Crippen molar-refractivity contribution in [2.75, 3.05) is 0 Å². The van der Waals surface area contributed by atoms with Crippen molar-refractivity contribution in [3.63, 3.8) is 0 Å². The van der Waals surface area contributed by atoms with Gasteiger partial charge in [0.05, 0.1) is 11.1 Å². The summed E-state index contributed by atoms with van der Waals surface area (Å²) in [6.45, 7) is 0. The zero-order valence-electron chi connectivity index (χ0n) is 14.7. The number of benzene rings is 2. The lowest BCUT2D eigenvalue weighted by Crippen LogP contribution is -2.65. The van der Waals surface area contributed by atoms with E-state index in [0.29, 0.717) is 0 Å². The Labute approximate surface area is 160 Å². The first kappa shape index (κ1) is 20.0. The predicted molar refractivity (Wildman–Crippen MR) is 95.3 cm³/mol. The standard InChI is InChI=1S/C20H20O8/c21-13-14(22)16(24)18(28-20(26)12-9-5-2-6-10-12)17(15(13)23)27-19(25)11-7-3-1-4-8-11/h1-10,13-18,21-24H/t13-,14-,15-,16-,17+,18+/m0/s1. The van der Waals surface area contributed by atoms with Crippen LogP contribution in [0, 0.1) is 0 Å². The van der Waals surface area contributed by atoms with Crippen molar-refractivity contribution in [1.29, 1.82) is 0 Å². The third kappa shape index (κ3) is 4.05. The number of esters is 2. The third-order valence-electron chi connectivity index (χ3n) is 4.55. The molecular weight excluding hydrogens is 368 g/mol. The molecule has 0 heterocycles. The van der Waals surface area contributed by atoms with Crippen LogP contribution in [-0.2, 0) is 9.47 Å². The first-order valence-corrected chi connectivity index (χ1v) is 8.64. The van der Waals surface area contributed by atoms with E-state index in [1.165, 1.54) is 24.3 Å². The summed E-state index contributed by atoms with van der Waals surface area (Å²) in [5.74, 6) is -1.69. The van der Waals surface area contributed by atoms with Gasteiger partial charge >= 0.3 is 11.9 Å². The molecule has 1 saturated carbocycles. The van der Waals surface area contributed by atoms with Gasteiger partial charge in [-0.3, -0.25) is 0 Å². The molecule has 8 nitrogen and oxygen atoms in total. The van der Waals surface area contributed by atoms with Crippen LogP contribution >= 0.6 is 0 Å². The summed E-state index contributed by atoms with van der Waals surface area (Å²) in [5.41, 5.74) is 0.330. The number of hydrogen-bond acceptors (Lipinski definition) is 8. The highest BCUT2D eigenvalue weighted by Crippen LogP contribution is 2.28. The molecule has 1 aliphatic carbocycles. The molecule has 8 heteroatoms. The molecule has 2 aromatic rings. The van der Waals surface area contributed by atoms with E-state index in [0.717, 1.165) is 0 Å². The second-order valence-corrected chi connectivity index (χ2v) is 6.43. The zero-order chi connectivity index (χ0) is 20.3. The minimum Gasteiger partial charge on any atom is -0.452 e. The monoisotopic (exact) mass is 388 g/mol. The smallest absolute Gasteiger partial charge is 0.338 e.